The Balaban J connectivity index is 1.51. The Kier molecular flexibility index (Phi) is 6.91. The topological polar surface area (TPSA) is 109 Å². The van der Waals surface area contributed by atoms with Crippen molar-refractivity contribution in [1.29, 1.82) is 0 Å². The van der Waals surface area contributed by atoms with Crippen LogP contribution in [-0.2, 0) is 20.9 Å². The maximum atomic E-state index is 13.4. The van der Waals surface area contributed by atoms with Crippen molar-refractivity contribution in [2.45, 2.75) is 25.9 Å². The van der Waals surface area contributed by atoms with E-state index < -0.39 is 35.7 Å². The quantitative estimate of drug-likeness (QED) is 0.387. The van der Waals surface area contributed by atoms with E-state index in [2.05, 4.69) is 5.32 Å². The molecule has 1 unspecified atom stereocenters. The van der Waals surface area contributed by atoms with Gasteiger partial charge in [0, 0.05) is 5.69 Å². The number of rotatable bonds is 8. The van der Waals surface area contributed by atoms with Crippen molar-refractivity contribution >= 4 is 35.2 Å². The van der Waals surface area contributed by atoms with E-state index in [-0.39, 0.29) is 25.3 Å². The molecule has 0 spiro atoms. The minimum absolute atomic E-state index is 0.0263. The van der Waals surface area contributed by atoms with Crippen molar-refractivity contribution in [3.63, 3.8) is 0 Å². The zero-order chi connectivity index (χ0) is 24.9. The maximum Gasteiger partial charge on any atom is 0.338 e. The number of halogens is 1. The number of anilines is 2. The van der Waals surface area contributed by atoms with Gasteiger partial charge in [0.15, 0.2) is 0 Å². The molecule has 1 fully saturated rings. The summed E-state index contributed by atoms with van der Waals surface area (Å²) in [6, 6.07) is 12.6. The zero-order valence-corrected chi connectivity index (χ0v) is 18.8. The summed E-state index contributed by atoms with van der Waals surface area (Å²) in [7, 11) is 0. The zero-order valence-electron chi connectivity index (χ0n) is 18.8. The average Bonchev–Trinajstić information content (AvgIpc) is 3.43. The number of hydrogen-bond donors (Lipinski definition) is 1. The second kappa shape index (κ2) is 10.2. The van der Waals surface area contributed by atoms with Crippen LogP contribution in [-0.4, -0.2) is 41.4 Å². The van der Waals surface area contributed by atoms with Crippen molar-refractivity contribution in [2.75, 3.05) is 16.8 Å². The second-order valence-electron chi connectivity index (χ2n) is 7.71. The minimum atomic E-state index is -1.10. The SMILES string of the molecule is CCOC(=O)c1ccc(NC(=O)CC2C(=O)N(c3ccc(F)cc3)C(=O)N2Cc2ccco2)cc1. The molecule has 1 aliphatic rings. The highest BCUT2D eigenvalue weighted by molar-refractivity contribution is 6.22. The predicted octanol–water partition coefficient (Wildman–Crippen LogP) is 3.96. The maximum absolute atomic E-state index is 13.4. The van der Waals surface area contributed by atoms with Gasteiger partial charge in [-0.3, -0.25) is 9.59 Å². The molecular formula is C25H22FN3O6. The van der Waals surface area contributed by atoms with Crippen molar-refractivity contribution in [2.24, 2.45) is 0 Å². The fourth-order valence-electron chi connectivity index (χ4n) is 3.70. The number of amides is 4. The molecule has 35 heavy (non-hydrogen) atoms. The number of furan rings is 1. The molecule has 1 atom stereocenters. The third kappa shape index (κ3) is 5.21. The summed E-state index contributed by atoms with van der Waals surface area (Å²) in [5.41, 5.74) is 0.942. The van der Waals surface area contributed by atoms with Crippen LogP contribution in [0.3, 0.4) is 0 Å². The van der Waals surface area contributed by atoms with E-state index in [1.807, 2.05) is 0 Å². The van der Waals surface area contributed by atoms with Gasteiger partial charge in [-0.2, -0.15) is 0 Å². The fraction of sp³-hybridized carbons (Fsp3) is 0.200. The molecule has 4 rings (SSSR count). The van der Waals surface area contributed by atoms with Crippen molar-refractivity contribution in [3.05, 3.63) is 84.1 Å². The first kappa shape index (κ1) is 23.7. The average molecular weight is 479 g/mol. The van der Waals surface area contributed by atoms with Gasteiger partial charge >= 0.3 is 12.0 Å². The first-order valence-electron chi connectivity index (χ1n) is 10.9. The number of carbonyl (C=O) groups is 4. The number of nitrogens with zero attached hydrogens (tertiary/aromatic N) is 2. The first-order valence-corrected chi connectivity index (χ1v) is 10.9. The first-order chi connectivity index (χ1) is 16.9. The summed E-state index contributed by atoms with van der Waals surface area (Å²) in [4.78, 5) is 53.1. The van der Waals surface area contributed by atoms with Gasteiger partial charge in [0.05, 0.1) is 37.1 Å². The third-order valence-corrected chi connectivity index (χ3v) is 5.37. The standard InChI is InChI=1S/C25H22FN3O6/c1-2-34-24(32)16-5-9-18(10-6-16)27-22(30)14-21-23(31)29(19-11-7-17(26)8-12-19)25(33)28(21)15-20-4-3-13-35-20/h3-13,21H,2,14-15H2,1H3,(H,27,30). The molecule has 2 aromatic carbocycles. The molecule has 180 valence electrons. The smallest absolute Gasteiger partial charge is 0.338 e. The van der Waals surface area contributed by atoms with Crippen LogP contribution in [0.25, 0.3) is 0 Å². The molecule has 2 heterocycles. The van der Waals surface area contributed by atoms with E-state index in [4.69, 9.17) is 9.15 Å². The van der Waals surface area contributed by atoms with E-state index in [1.165, 1.54) is 47.6 Å². The summed E-state index contributed by atoms with van der Waals surface area (Å²) in [6.07, 6.45) is 1.12. The molecule has 1 saturated heterocycles. The van der Waals surface area contributed by atoms with Gasteiger partial charge in [-0.1, -0.05) is 0 Å². The number of urea groups is 1. The molecule has 0 saturated carbocycles. The van der Waals surface area contributed by atoms with Crippen LogP contribution in [0.15, 0.2) is 71.3 Å². The van der Waals surface area contributed by atoms with Gasteiger partial charge in [-0.25, -0.2) is 18.9 Å². The molecule has 1 aliphatic heterocycles. The summed E-state index contributed by atoms with van der Waals surface area (Å²) in [5.74, 6) is -1.67. The Morgan fingerprint density at radius 2 is 1.77 bits per heavy atom. The largest absolute Gasteiger partial charge is 0.467 e. The molecule has 0 bridgehead atoms. The van der Waals surface area contributed by atoms with Gasteiger partial charge in [-0.15, -0.1) is 0 Å². The molecule has 0 aliphatic carbocycles. The lowest BCUT2D eigenvalue weighted by molar-refractivity contribution is -0.124. The second-order valence-corrected chi connectivity index (χ2v) is 7.71. The number of benzene rings is 2. The highest BCUT2D eigenvalue weighted by Crippen LogP contribution is 2.29. The van der Waals surface area contributed by atoms with Crippen LogP contribution >= 0.6 is 0 Å². The van der Waals surface area contributed by atoms with E-state index in [9.17, 15) is 23.6 Å². The van der Waals surface area contributed by atoms with E-state index in [0.29, 0.717) is 17.0 Å². The van der Waals surface area contributed by atoms with Crippen molar-refractivity contribution in [3.8, 4) is 0 Å². The molecule has 10 heteroatoms. The van der Waals surface area contributed by atoms with Crippen LogP contribution < -0.4 is 10.2 Å². The van der Waals surface area contributed by atoms with Crippen molar-refractivity contribution in [1.82, 2.24) is 4.90 Å². The molecule has 3 aromatic rings. The monoisotopic (exact) mass is 479 g/mol. The lowest BCUT2D eigenvalue weighted by atomic mass is 10.1. The minimum Gasteiger partial charge on any atom is -0.467 e. The van der Waals surface area contributed by atoms with Crippen molar-refractivity contribution < 1.29 is 32.7 Å². The summed E-state index contributed by atoms with van der Waals surface area (Å²) in [6.45, 7) is 1.92. The van der Waals surface area contributed by atoms with Gasteiger partial charge in [0.25, 0.3) is 5.91 Å². The molecule has 0 radical (unpaired) electrons. The highest BCUT2D eigenvalue weighted by atomic mass is 19.1. The molecule has 9 nitrogen and oxygen atoms in total. The molecule has 1 N–H and O–H groups in total. The van der Waals surface area contributed by atoms with Gasteiger partial charge in [-0.05, 0) is 67.6 Å². The predicted molar refractivity (Wildman–Crippen MR) is 123 cm³/mol. The van der Waals surface area contributed by atoms with Gasteiger partial charge in [0.1, 0.15) is 17.6 Å². The van der Waals surface area contributed by atoms with Crippen LogP contribution in [0.5, 0.6) is 0 Å². The molecule has 1 aromatic heterocycles. The molecular weight excluding hydrogens is 457 g/mol. The lowest BCUT2D eigenvalue weighted by Crippen LogP contribution is -2.37. The summed E-state index contributed by atoms with van der Waals surface area (Å²) >= 11 is 0. The number of nitrogens with one attached hydrogen (secondary N) is 1. The van der Waals surface area contributed by atoms with Gasteiger partial charge in [0.2, 0.25) is 5.91 Å². The Morgan fingerprint density at radius 1 is 1.06 bits per heavy atom. The van der Waals surface area contributed by atoms with Crippen LogP contribution in [0.1, 0.15) is 29.5 Å². The van der Waals surface area contributed by atoms with E-state index >= 15 is 0 Å². The Labute approximate surface area is 200 Å². The number of ether oxygens (including phenoxy) is 1. The number of esters is 1. The Hall–Kier alpha value is -4.47. The normalized spacial score (nSPS) is 15.4. The van der Waals surface area contributed by atoms with Crippen LogP contribution in [0.4, 0.5) is 20.6 Å². The van der Waals surface area contributed by atoms with Crippen LogP contribution in [0, 0.1) is 5.82 Å². The highest BCUT2D eigenvalue weighted by Gasteiger charge is 2.47. The van der Waals surface area contributed by atoms with E-state index in [1.54, 1.807) is 19.1 Å². The lowest BCUT2D eigenvalue weighted by Gasteiger charge is -2.20. The summed E-state index contributed by atoms with van der Waals surface area (Å²) < 4.78 is 23.6. The number of hydrogen-bond acceptors (Lipinski definition) is 6. The van der Waals surface area contributed by atoms with Crippen LogP contribution in [0.2, 0.25) is 0 Å². The number of imide groups is 1. The number of carbonyl (C=O) groups excluding carboxylic acids is 4. The third-order valence-electron chi connectivity index (χ3n) is 5.37. The van der Waals surface area contributed by atoms with E-state index in [0.717, 1.165) is 17.0 Å². The van der Waals surface area contributed by atoms with Gasteiger partial charge < -0.3 is 19.4 Å². The summed E-state index contributed by atoms with van der Waals surface area (Å²) in [5, 5.41) is 2.67. The Morgan fingerprint density at radius 3 is 2.40 bits per heavy atom. The molecule has 4 amide bonds. The Bertz CT molecular complexity index is 1230. The fourth-order valence-corrected chi connectivity index (χ4v) is 3.70.